The van der Waals surface area contributed by atoms with Gasteiger partial charge in [-0.1, -0.05) is 18.2 Å². The number of carbonyl (C=O) groups excluding carboxylic acids is 1. The number of anilines is 1. The summed E-state index contributed by atoms with van der Waals surface area (Å²) in [6, 6.07) is 12.3. The van der Waals surface area contributed by atoms with E-state index in [9.17, 15) is 9.59 Å². The molecule has 4 rings (SSSR count). The van der Waals surface area contributed by atoms with Gasteiger partial charge in [-0.2, -0.15) is 0 Å². The highest BCUT2D eigenvalue weighted by molar-refractivity contribution is 5.92. The normalized spacial score (nSPS) is 21.8. The van der Waals surface area contributed by atoms with E-state index in [0.717, 1.165) is 52.1 Å². The molecule has 2 saturated heterocycles. The number of rotatable bonds is 3. The minimum absolute atomic E-state index is 0.0871. The van der Waals surface area contributed by atoms with Crippen LogP contribution in [-0.2, 0) is 0 Å². The van der Waals surface area contributed by atoms with Crippen molar-refractivity contribution in [2.75, 3.05) is 44.2 Å². The van der Waals surface area contributed by atoms with Crippen LogP contribution in [0.4, 0.5) is 5.69 Å². The van der Waals surface area contributed by atoms with Crippen molar-refractivity contribution in [3.05, 3.63) is 52.4 Å². The number of carbonyl (C=O) groups is 1. The van der Waals surface area contributed by atoms with Gasteiger partial charge in [0.05, 0.1) is 0 Å². The predicted molar refractivity (Wildman–Crippen MR) is 101 cm³/mol. The largest absolute Gasteiger partial charge is 0.369 e. The van der Waals surface area contributed by atoms with E-state index in [1.54, 1.807) is 0 Å². The number of piperazine rings is 1. The van der Waals surface area contributed by atoms with Crippen molar-refractivity contribution in [1.29, 1.82) is 0 Å². The molecule has 2 aromatic rings. The zero-order valence-electron chi connectivity index (χ0n) is 14.9. The second-order valence-corrected chi connectivity index (χ2v) is 7.08. The number of benzene rings is 1. The van der Waals surface area contributed by atoms with Crippen LogP contribution in [-0.4, -0.2) is 71.2 Å². The van der Waals surface area contributed by atoms with Crippen LogP contribution in [0, 0.1) is 0 Å². The van der Waals surface area contributed by atoms with Crippen molar-refractivity contribution in [2.45, 2.75) is 18.9 Å². The number of aromatic nitrogens is 2. The van der Waals surface area contributed by atoms with Gasteiger partial charge in [-0.25, -0.2) is 0 Å². The highest BCUT2D eigenvalue weighted by Gasteiger charge is 2.30. The highest BCUT2D eigenvalue weighted by Crippen LogP contribution is 2.21. The molecule has 0 radical (unpaired) electrons. The van der Waals surface area contributed by atoms with E-state index in [1.807, 2.05) is 11.0 Å². The third-order valence-electron chi connectivity index (χ3n) is 5.46. The van der Waals surface area contributed by atoms with Gasteiger partial charge in [0, 0.05) is 57.1 Å². The lowest BCUT2D eigenvalue weighted by Gasteiger charge is -2.43. The van der Waals surface area contributed by atoms with E-state index in [0.29, 0.717) is 11.7 Å². The Kier molecular flexibility index (Phi) is 4.79. The van der Waals surface area contributed by atoms with Crippen LogP contribution in [0.1, 0.15) is 23.3 Å². The molecule has 7 heteroatoms. The Labute approximate surface area is 152 Å². The molecule has 0 aliphatic carbocycles. The fourth-order valence-electron chi connectivity index (χ4n) is 4.04. The molecule has 1 unspecified atom stereocenters. The first-order valence-corrected chi connectivity index (χ1v) is 9.32. The number of amides is 1. The van der Waals surface area contributed by atoms with Gasteiger partial charge in [0.2, 0.25) is 0 Å². The molecule has 2 N–H and O–H groups in total. The van der Waals surface area contributed by atoms with Crippen molar-refractivity contribution < 1.29 is 4.79 Å². The lowest BCUT2D eigenvalue weighted by atomic mass is 10.0. The van der Waals surface area contributed by atoms with Gasteiger partial charge in [-0.3, -0.25) is 24.7 Å². The highest BCUT2D eigenvalue weighted by atomic mass is 16.2. The average molecular weight is 355 g/mol. The number of nitrogens with zero attached hydrogens (tertiary/aromatic N) is 3. The summed E-state index contributed by atoms with van der Waals surface area (Å²) < 4.78 is 0. The van der Waals surface area contributed by atoms with Crippen LogP contribution in [0.25, 0.3) is 0 Å². The molecule has 3 heterocycles. The molecular weight excluding hydrogens is 330 g/mol. The average Bonchev–Trinajstić information content (AvgIpc) is 3.15. The molecule has 1 aromatic carbocycles. The van der Waals surface area contributed by atoms with Crippen LogP contribution < -0.4 is 10.5 Å². The summed E-state index contributed by atoms with van der Waals surface area (Å²) in [5, 5.41) is 5.11. The summed E-state index contributed by atoms with van der Waals surface area (Å²) in [5.41, 5.74) is 1.37. The summed E-state index contributed by atoms with van der Waals surface area (Å²) >= 11 is 0. The number of hydrogen-bond donors (Lipinski definition) is 2. The first-order chi connectivity index (χ1) is 12.7. The zero-order valence-corrected chi connectivity index (χ0v) is 14.9. The van der Waals surface area contributed by atoms with Crippen LogP contribution in [0.5, 0.6) is 0 Å². The number of likely N-dealkylation sites (tertiary alicyclic amines) is 1. The lowest BCUT2D eigenvalue weighted by Crippen LogP contribution is -2.55. The van der Waals surface area contributed by atoms with Gasteiger partial charge < -0.3 is 9.80 Å². The van der Waals surface area contributed by atoms with Crippen molar-refractivity contribution >= 4 is 11.6 Å². The zero-order chi connectivity index (χ0) is 17.9. The summed E-state index contributed by atoms with van der Waals surface area (Å²) in [5.74, 6) is -0.0871. The number of para-hydroxylation sites is 1. The smallest absolute Gasteiger partial charge is 0.271 e. The molecule has 1 amide bonds. The number of nitrogens with one attached hydrogen (secondary N) is 2. The number of H-pyrrole nitrogens is 2. The van der Waals surface area contributed by atoms with Gasteiger partial charge in [-0.15, -0.1) is 0 Å². The quantitative estimate of drug-likeness (QED) is 0.865. The maximum Gasteiger partial charge on any atom is 0.271 e. The van der Waals surface area contributed by atoms with Gasteiger partial charge in [0.15, 0.2) is 0 Å². The standard InChI is InChI=1S/C19H25N5O2/c25-18-13-17(20-21-18)19(26)24-8-4-7-16(14-24)23-11-9-22(10-12-23)15-5-2-1-3-6-15/h1-3,5-6,13,16H,4,7-12,14H2,(H2,20,21,25). The molecular formula is C19H25N5O2. The van der Waals surface area contributed by atoms with Crippen LogP contribution in [0.15, 0.2) is 41.2 Å². The van der Waals surface area contributed by atoms with E-state index in [1.165, 1.54) is 11.8 Å². The van der Waals surface area contributed by atoms with Crippen LogP contribution >= 0.6 is 0 Å². The molecule has 1 atom stereocenters. The predicted octanol–water partition coefficient (Wildman–Crippen LogP) is 1.13. The Morgan fingerprint density at radius 1 is 1.00 bits per heavy atom. The minimum atomic E-state index is -0.265. The first kappa shape index (κ1) is 16.9. The van der Waals surface area contributed by atoms with E-state index >= 15 is 0 Å². The molecule has 2 fully saturated rings. The van der Waals surface area contributed by atoms with Crippen molar-refractivity contribution in [3.63, 3.8) is 0 Å². The Hall–Kier alpha value is -2.54. The van der Waals surface area contributed by atoms with Crippen LogP contribution in [0.2, 0.25) is 0 Å². The molecule has 0 bridgehead atoms. The van der Waals surface area contributed by atoms with Gasteiger partial charge >= 0.3 is 0 Å². The number of aromatic amines is 2. The molecule has 0 saturated carbocycles. The Balaban J connectivity index is 1.35. The summed E-state index contributed by atoms with van der Waals surface area (Å²) in [6.07, 6.45) is 2.13. The maximum absolute atomic E-state index is 12.6. The molecule has 138 valence electrons. The monoisotopic (exact) mass is 355 g/mol. The molecule has 7 nitrogen and oxygen atoms in total. The van der Waals surface area contributed by atoms with Crippen molar-refractivity contribution in [3.8, 4) is 0 Å². The van der Waals surface area contributed by atoms with E-state index in [4.69, 9.17) is 0 Å². The summed E-state index contributed by atoms with van der Waals surface area (Å²) in [4.78, 5) is 30.7. The van der Waals surface area contributed by atoms with E-state index in [-0.39, 0.29) is 11.5 Å². The molecule has 1 aromatic heterocycles. The first-order valence-electron chi connectivity index (χ1n) is 9.32. The molecule has 2 aliphatic heterocycles. The van der Waals surface area contributed by atoms with Crippen LogP contribution in [0.3, 0.4) is 0 Å². The maximum atomic E-state index is 12.6. The Morgan fingerprint density at radius 2 is 1.77 bits per heavy atom. The summed E-state index contributed by atoms with van der Waals surface area (Å²) in [6.45, 7) is 5.55. The lowest BCUT2D eigenvalue weighted by molar-refractivity contribution is 0.0558. The fourth-order valence-corrected chi connectivity index (χ4v) is 4.04. The fraction of sp³-hybridized carbons (Fsp3) is 0.474. The molecule has 0 spiro atoms. The van der Waals surface area contributed by atoms with Crippen molar-refractivity contribution in [2.24, 2.45) is 0 Å². The second-order valence-electron chi connectivity index (χ2n) is 7.08. The third-order valence-corrected chi connectivity index (χ3v) is 5.46. The van der Waals surface area contributed by atoms with Gasteiger partial charge in [-0.05, 0) is 25.0 Å². The molecule has 2 aliphatic rings. The number of hydrogen-bond acceptors (Lipinski definition) is 4. The third kappa shape index (κ3) is 3.53. The van der Waals surface area contributed by atoms with Crippen molar-refractivity contribution in [1.82, 2.24) is 20.0 Å². The Morgan fingerprint density at radius 3 is 2.46 bits per heavy atom. The molecule has 26 heavy (non-hydrogen) atoms. The van der Waals surface area contributed by atoms with E-state index < -0.39 is 0 Å². The minimum Gasteiger partial charge on any atom is -0.369 e. The van der Waals surface area contributed by atoms with Gasteiger partial charge in [0.1, 0.15) is 5.69 Å². The number of piperidine rings is 1. The summed E-state index contributed by atoms with van der Waals surface area (Å²) in [7, 11) is 0. The van der Waals surface area contributed by atoms with E-state index in [2.05, 4.69) is 44.3 Å². The Bertz CT molecular complexity index is 792. The van der Waals surface area contributed by atoms with Gasteiger partial charge in [0.25, 0.3) is 11.5 Å². The second kappa shape index (κ2) is 7.37. The topological polar surface area (TPSA) is 75.4 Å². The SMILES string of the molecule is O=C(c1cc(=O)[nH][nH]1)N1CCCC(N2CCN(c3ccccc3)CC2)C1.